The van der Waals surface area contributed by atoms with E-state index in [0.717, 1.165) is 12.8 Å². The van der Waals surface area contributed by atoms with Crippen molar-refractivity contribution in [2.45, 2.75) is 31.7 Å². The number of hydrogen-bond acceptors (Lipinski definition) is 2. The zero-order chi connectivity index (χ0) is 14.8. The van der Waals surface area contributed by atoms with Crippen LogP contribution in [0.25, 0.3) is 10.8 Å². The topological polar surface area (TPSA) is 55.1 Å². The molecule has 3 rings (SSSR count). The molecule has 4 heteroatoms. The molecule has 1 aliphatic rings. The van der Waals surface area contributed by atoms with E-state index in [1.807, 2.05) is 13.0 Å². The quantitative estimate of drug-likeness (QED) is 0.889. The molecule has 0 aromatic heterocycles. The standard InChI is InChI=1S/C18H22N2O.ClH/c1-12(19)8-9-20-18(21)17-11-16(17)15-7-6-13-4-2-3-5-14(13)10-15;/h2-7,10,12,16-17H,8-9,11,19H2,1H3,(H,20,21);1H. The lowest BCUT2D eigenvalue weighted by Crippen LogP contribution is -2.30. The van der Waals surface area contributed by atoms with Gasteiger partial charge in [0, 0.05) is 18.5 Å². The van der Waals surface area contributed by atoms with E-state index in [2.05, 4.69) is 41.7 Å². The number of hydrogen-bond donors (Lipinski definition) is 2. The molecule has 22 heavy (non-hydrogen) atoms. The summed E-state index contributed by atoms with van der Waals surface area (Å²) in [5.41, 5.74) is 6.97. The average molecular weight is 319 g/mol. The Morgan fingerprint density at radius 2 is 2.00 bits per heavy atom. The molecule has 3 N–H and O–H groups in total. The number of benzene rings is 2. The van der Waals surface area contributed by atoms with Crippen LogP contribution in [-0.2, 0) is 4.79 Å². The number of nitrogens with one attached hydrogen (secondary N) is 1. The lowest BCUT2D eigenvalue weighted by Gasteiger charge is -2.07. The third-order valence-corrected chi connectivity index (χ3v) is 4.23. The van der Waals surface area contributed by atoms with Gasteiger partial charge in [0.15, 0.2) is 0 Å². The Labute approximate surface area is 137 Å². The molecule has 2 aromatic rings. The predicted molar refractivity (Wildman–Crippen MR) is 93.3 cm³/mol. The molecule has 3 unspecified atom stereocenters. The molecule has 0 aliphatic heterocycles. The van der Waals surface area contributed by atoms with Crippen molar-refractivity contribution in [3.63, 3.8) is 0 Å². The first kappa shape index (κ1) is 16.8. The number of rotatable bonds is 5. The van der Waals surface area contributed by atoms with Gasteiger partial charge in [-0.05, 0) is 42.0 Å². The lowest BCUT2D eigenvalue weighted by atomic mass is 10.0. The van der Waals surface area contributed by atoms with Gasteiger partial charge in [-0.2, -0.15) is 0 Å². The number of nitrogens with two attached hydrogens (primary N) is 1. The molecule has 1 saturated carbocycles. The second-order valence-corrected chi connectivity index (χ2v) is 6.11. The molecule has 1 amide bonds. The van der Waals surface area contributed by atoms with Crippen LogP contribution in [0, 0.1) is 5.92 Å². The maximum Gasteiger partial charge on any atom is 0.223 e. The van der Waals surface area contributed by atoms with E-state index in [0.29, 0.717) is 12.5 Å². The summed E-state index contributed by atoms with van der Waals surface area (Å²) in [6.45, 7) is 2.64. The van der Waals surface area contributed by atoms with Crippen LogP contribution in [0.2, 0.25) is 0 Å². The van der Waals surface area contributed by atoms with E-state index in [1.54, 1.807) is 0 Å². The Morgan fingerprint density at radius 1 is 1.27 bits per heavy atom. The van der Waals surface area contributed by atoms with Crippen molar-refractivity contribution in [1.29, 1.82) is 0 Å². The molecule has 1 aliphatic carbocycles. The van der Waals surface area contributed by atoms with Crippen LogP contribution in [0.4, 0.5) is 0 Å². The summed E-state index contributed by atoms with van der Waals surface area (Å²) in [6, 6.07) is 15.0. The van der Waals surface area contributed by atoms with Gasteiger partial charge in [0.05, 0.1) is 0 Å². The van der Waals surface area contributed by atoms with E-state index >= 15 is 0 Å². The van der Waals surface area contributed by atoms with Gasteiger partial charge in [0.25, 0.3) is 0 Å². The predicted octanol–water partition coefficient (Wildman–Crippen LogP) is 3.22. The first-order valence-electron chi connectivity index (χ1n) is 7.67. The first-order valence-corrected chi connectivity index (χ1v) is 7.67. The van der Waals surface area contributed by atoms with Crippen LogP contribution in [0.15, 0.2) is 42.5 Å². The number of halogens is 1. The molecule has 0 saturated heterocycles. The van der Waals surface area contributed by atoms with Gasteiger partial charge >= 0.3 is 0 Å². The smallest absolute Gasteiger partial charge is 0.223 e. The van der Waals surface area contributed by atoms with Crippen molar-refractivity contribution in [2.24, 2.45) is 11.7 Å². The summed E-state index contributed by atoms with van der Waals surface area (Å²) in [7, 11) is 0. The number of carbonyl (C=O) groups is 1. The normalized spacial score (nSPS) is 21.0. The Hall–Kier alpha value is -1.58. The van der Waals surface area contributed by atoms with Crippen molar-refractivity contribution < 1.29 is 4.79 Å². The fourth-order valence-electron chi connectivity index (χ4n) is 2.85. The van der Waals surface area contributed by atoms with E-state index in [-0.39, 0.29) is 30.3 Å². The van der Waals surface area contributed by atoms with E-state index in [4.69, 9.17) is 5.73 Å². The van der Waals surface area contributed by atoms with E-state index in [1.165, 1.54) is 16.3 Å². The average Bonchev–Trinajstić information content (AvgIpc) is 3.27. The molecule has 0 bridgehead atoms. The number of amides is 1. The highest BCUT2D eigenvalue weighted by molar-refractivity contribution is 5.86. The zero-order valence-electron chi connectivity index (χ0n) is 12.8. The summed E-state index contributed by atoms with van der Waals surface area (Å²) in [6.07, 6.45) is 1.79. The molecular weight excluding hydrogens is 296 g/mol. The Balaban J connectivity index is 0.00000176. The minimum atomic E-state index is 0. The van der Waals surface area contributed by atoms with Crippen LogP contribution in [-0.4, -0.2) is 18.5 Å². The van der Waals surface area contributed by atoms with Crippen molar-refractivity contribution in [3.05, 3.63) is 48.0 Å². The van der Waals surface area contributed by atoms with Crippen molar-refractivity contribution in [3.8, 4) is 0 Å². The SMILES string of the molecule is CC(N)CCNC(=O)C1CC1c1ccc2ccccc2c1.Cl. The van der Waals surface area contributed by atoms with Crippen molar-refractivity contribution in [1.82, 2.24) is 5.32 Å². The van der Waals surface area contributed by atoms with Crippen LogP contribution in [0.1, 0.15) is 31.2 Å². The van der Waals surface area contributed by atoms with Gasteiger partial charge in [-0.3, -0.25) is 4.79 Å². The van der Waals surface area contributed by atoms with Gasteiger partial charge in [0.1, 0.15) is 0 Å². The maximum absolute atomic E-state index is 12.1. The summed E-state index contributed by atoms with van der Waals surface area (Å²) in [5, 5.41) is 5.49. The van der Waals surface area contributed by atoms with Crippen LogP contribution in [0.3, 0.4) is 0 Å². The van der Waals surface area contributed by atoms with Gasteiger partial charge in [-0.25, -0.2) is 0 Å². The molecule has 3 nitrogen and oxygen atoms in total. The highest BCUT2D eigenvalue weighted by Crippen LogP contribution is 2.48. The molecule has 1 fully saturated rings. The van der Waals surface area contributed by atoms with Gasteiger partial charge in [-0.1, -0.05) is 42.5 Å². The minimum absolute atomic E-state index is 0. The van der Waals surface area contributed by atoms with Crippen LogP contribution < -0.4 is 11.1 Å². The van der Waals surface area contributed by atoms with Crippen molar-refractivity contribution in [2.75, 3.05) is 6.54 Å². The summed E-state index contributed by atoms with van der Waals surface area (Å²) in [4.78, 5) is 12.1. The largest absolute Gasteiger partial charge is 0.356 e. The molecule has 3 atom stereocenters. The van der Waals surface area contributed by atoms with Gasteiger partial charge in [0.2, 0.25) is 5.91 Å². The fourth-order valence-corrected chi connectivity index (χ4v) is 2.85. The Bertz CT molecular complexity index is 656. The number of fused-ring (bicyclic) bond motifs is 1. The summed E-state index contributed by atoms with van der Waals surface area (Å²) in [5.74, 6) is 0.693. The first-order chi connectivity index (χ1) is 10.1. The Kier molecular flexibility index (Phi) is 5.43. The van der Waals surface area contributed by atoms with Gasteiger partial charge < -0.3 is 11.1 Å². The third kappa shape index (κ3) is 3.79. The van der Waals surface area contributed by atoms with E-state index < -0.39 is 0 Å². The molecule has 0 spiro atoms. The molecule has 2 aromatic carbocycles. The number of carbonyl (C=O) groups excluding carboxylic acids is 1. The maximum atomic E-state index is 12.1. The van der Waals surface area contributed by atoms with Crippen LogP contribution in [0.5, 0.6) is 0 Å². The highest BCUT2D eigenvalue weighted by atomic mass is 35.5. The third-order valence-electron chi connectivity index (χ3n) is 4.23. The second kappa shape index (κ2) is 7.12. The minimum Gasteiger partial charge on any atom is -0.356 e. The van der Waals surface area contributed by atoms with E-state index in [9.17, 15) is 4.79 Å². The lowest BCUT2D eigenvalue weighted by molar-refractivity contribution is -0.122. The molecule has 0 radical (unpaired) electrons. The monoisotopic (exact) mass is 318 g/mol. The second-order valence-electron chi connectivity index (χ2n) is 6.11. The molecule has 118 valence electrons. The molecule has 0 heterocycles. The highest BCUT2D eigenvalue weighted by Gasteiger charge is 2.43. The van der Waals surface area contributed by atoms with Gasteiger partial charge in [-0.15, -0.1) is 12.4 Å². The summed E-state index contributed by atoms with van der Waals surface area (Å²) >= 11 is 0. The molecular formula is C18H23ClN2O. The van der Waals surface area contributed by atoms with Crippen LogP contribution >= 0.6 is 12.4 Å². The Morgan fingerprint density at radius 3 is 2.73 bits per heavy atom. The van der Waals surface area contributed by atoms with Crippen molar-refractivity contribution >= 4 is 29.1 Å². The summed E-state index contributed by atoms with van der Waals surface area (Å²) < 4.78 is 0. The fraction of sp³-hybridized carbons (Fsp3) is 0.389. The zero-order valence-corrected chi connectivity index (χ0v) is 13.6.